The van der Waals surface area contributed by atoms with Gasteiger partial charge in [-0.2, -0.15) is 0 Å². The zero-order valence-electron chi connectivity index (χ0n) is 13.3. The van der Waals surface area contributed by atoms with Crippen LogP contribution in [0, 0.1) is 0 Å². The van der Waals surface area contributed by atoms with E-state index < -0.39 is 9.84 Å². The quantitative estimate of drug-likeness (QED) is 0.885. The Morgan fingerprint density at radius 2 is 1.65 bits per heavy atom. The molecular formula is C18H21NO3S. The molecule has 0 heterocycles. The molecule has 2 rings (SSSR count). The highest BCUT2D eigenvalue weighted by molar-refractivity contribution is 7.90. The Morgan fingerprint density at radius 3 is 2.22 bits per heavy atom. The Labute approximate surface area is 137 Å². The largest absolute Gasteiger partial charge is 0.352 e. The summed E-state index contributed by atoms with van der Waals surface area (Å²) in [7, 11) is -3.24. The topological polar surface area (TPSA) is 63.2 Å². The summed E-state index contributed by atoms with van der Waals surface area (Å²) < 4.78 is 22.8. The number of amides is 1. The van der Waals surface area contributed by atoms with Gasteiger partial charge in [0.1, 0.15) is 0 Å². The smallest absolute Gasteiger partial charge is 0.251 e. The number of rotatable bonds is 6. The fourth-order valence-electron chi connectivity index (χ4n) is 2.31. The third-order valence-corrected chi connectivity index (χ3v) is 4.90. The number of hydrogen-bond donors (Lipinski definition) is 1. The summed E-state index contributed by atoms with van der Waals surface area (Å²) in [6.45, 7) is 2.70. The molecule has 2 aromatic rings. The van der Waals surface area contributed by atoms with Gasteiger partial charge in [0.05, 0.1) is 4.90 Å². The van der Waals surface area contributed by atoms with Crippen LogP contribution in [0.25, 0.3) is 0 Å². The molecule has 1 amide bonds. The highest BCUT2D eigenvalue weighted by atomic mass is 32.2. The van der Waals surface area contributed by atoms with Crippen molar-refractivity contribution < 1.29 is 13.2 Å². The van der Waals surface area contributed by atoms with Crippen molar-refractivity contribution in [2.45, 2.75) is 24.2 Å². The first-order chi connectivity index (χ1) is 10.9. The van der Waals surface area contributed by atoms with Crippen LogP contribution in [0.2, 0.25) is 0 Å². The molecule has 122 valence electrons. The van der Waals surface area contributed by atoms with E-state index in [1.165, 1.54) is 29.8 Å². The first-order valence-electron chi connectivity index (χ1n) is 7.51. The Kier molecular flexibility index (Phi) is 5.55. The van der Waals surface area contributed by atoms with Gasteiger partial charge in [-0.15, -0.1) is 0 Å². The average molecular weight is 331 g/mol. The van der Waals surface area contributed by atoms with Gasteiger partial charge < -0.3 is 5.32 Å². The van der Waals surface area contributed by atoms with Crippen LogP contribution in [0.4, 0.5) is 0 Å². The minimum absolute atomic E-state index is 0.190. The molecule has 0 unspecified atom stereocenters. The van der Waals surface area contributed by atoms with Gasteiger partial charge in [0.15, 0.2) is 9.84 Å². The number of hydrogen-bond acceptors (Lipinski definition) is 3. The normalized spacial score (nSPS) is 12.6. The maximum atomic E-state index is 12.1. The van der Waals surface area contributed by atoms with Gasteiger partial charge in [-0.25, -0.2) is 8.42 Å². The molecule has 0 aliphatic carbocycles. The summed E-state index contributed by atoms with van der Waals surface area (Å²) in [6.07, 6.45) is 1.99. The van der Waals surface area contributed by atoms with Crippen LogP contribution in [-0.4, -0.2) is 27.1 Å². The van der Waals surface area contributed by atoms with Crippen molar-refractivity contribution in [2.24, 2.45) is 0 Å². The summed E-state index contributed by atoms with van der Waals surface area (Å²) in [6, 6.07) is 16.1. The van der Waals surface area contributed by atoms with Gasteiger partial charge in [0.2, 0.25) is 0 Å². The van der Waals surface area contributed by atoms with E-state index in [0.717, 1.165) is 12.7 Å². The van der Waals surface area contributed by atoms with Gasteiger partial charge in [0, 0.05) is 18.4 Å². The van der Waals surface area contributed by atoms with Crippen molar-refractivity contribution in [3.63, 3.8) is 0 Å². The van der Waals surface area contributed by atoms with Crippen LogP contribution in [0.3, 0.4) is 0 Å². The molecule has 2 aromatic carbocycles. The maximum absolute atomic E-state index is 12.1. The lowest BCUT2D eigenvalue weighted by Gasteiger charge is -2.12. The molecule has 0 radical (unpaired) electrons. The van der Waals surface area contributed by atoms with Gasteiger partial charge >= 0.3 is 0 Å². The SMILES string of the molecule is C[C@H](CCNC(=O)c1ccc(S(C)(=O)=O)cc1)c1ccccc1. The molecule has 5 heteroatoms. The summed E-state index contributed by atoms with van der Waals surface area (Å²) in [4.78, 5) is 12.3. The predicted octanol–water partition coefficient (Wildman–Crippen LogP) is 3.01. The molecular weight excluding hydrogens is 310 g/mol. The summed E-state index contributed by atoms with van der Waals surface area (Å²) in [5, 5.41) is 2.87. The number of benzene rings is 2. The van der Waals surface area contributed by atoms with Crippen LogP contribution in [0.15, 0.2) is 59.5 Å². The minimum Gasteiger partial charge on any atom is -0.352 e. The number of sulfone groups is 1. The Balaban J connectivity index is 1.88. The molecule has 1 atom stereocenters. The van der Waals surface area contributed by atoms with E-state index in [0.29, 0.717) is 18.0 Å². The monoisotopic (exact) mass is 331 g/mol. The molecule has 4 nitrogen and oxygen atoms in total. The molecule has 1 N–H and O–H groups in total. The molecule has 0 aromatic heterocycles. The van der Waals surface area contributed by atoms with Gasteiger partial charge in [-0.05, 0) is 42.2 Å². The Hall–Kier alpha value is -2.14. The third-order valence-electron chi connectivity index (χ3n) is 3.78. The van der Waals surface area contributed by atoms with Crippen molar-refractivity contribution in [2.75, 3.05) is 12.8 Å². The number of nitrogens with one attached hydrogen (secondary N) is 1. The van der Waals surface area contributed by atoms with Crippen LogP contribution in [0.1, 0.15) is 35.2 Å². The lowest BCUT2D eigenvalue weighted by atomic mass is 9.98. The Morgan fingerprint density at radius 1 is 1.04 bits per heavy atom. The first kappa shape index (κ1) is 17.2. The van der Waals surface area contributed by atoms with Crippen LogP contribution in [0.5, 0.6) is 0 Å². The van der Waals surface area contributed by atoms with Crippen LogP contribution >= 0.6 is 0 Å². The average Bonchev–Trinajstić information content (AvgIpc) is 2.54. The van der Waals surface area contributed by atoms with E-state index in [1.54, 1.807) is 0 Å². The molecule has 0 spiro atoms. The second kappa shape index (κ2) is 7.42. The van der Waals surface area contributed by atoms with Gasteiger partial charge in [0.25, 0.3) is 5.91 Å². The minimum atomic E-state index is -3.24. The fourth-order valence-corrected chi connectivity index (χ4v) is 2.94. The van der Waals surface area contributed by atoms with Crippen molar-refractivity contribution >= 4 is 15.7 Å². The molecule has 0 aliphatic heterocycles. The third kappa shape index (κ3) is 4.93. The van der Waals surface area contributed by atoms with Gasteiger partial charge in [-0.3, -0.25) is 4.79 Å². The lowest BCUT2D eigenvalue weighted by Crippen LogP contribution is -2.25. The fraction of sp³-hybridized carbons (Fsp3) is 0.278. The van der Waals surface area contributed by atoms with E-state index in [9.17, 15) is 13.2 Å². The first-order valence-corrected chi connectivity index (χ1v) is 9.40. The number of carbonyl (C=O) groups excluding carboxylic acids is 1. The zero-order valence-corrected chi connectivity index (χ0v) is 14.1. The standard InChI is InChI=1S/C18H21NO3S/c1-14(15-6-4-3-5-7-15)12-13-19-18(20)16-8-10-17(11-9-16)23(2,21)22/h3-11,14H,12-13H2,1-2H3,(H,19,20)/t14-/m1/s1. The zero-order chi connectivity index (χ0) is 16.9. The molecule has 0 bridgehead atoms. The molecule has 0 saturated carbocycles. The summed E-state index contributed by atoms with van der Waals surface area (Å²) >= 11 is 0. The van der Waals surface area contributed by atoms with E-state index in [2.05, 4.69) is 24.4 Å². The van der Waals surface area contributed by atoms with Crippen molar-refractivity contribution in [1.29, 1.82) is 0 Å². The summed E-state index contributed by atoms with van der Waals surface area (Å²) in [5.74, 6) is 0.175. The Bertz CT molecular complexity index is 753. The van der Waals surface area contributed by atoms with Crippen LogP contribution in [-0.2, 0) is 9.84 Å². The van der Waals surface area contributed by atoms with Crippen molar-refractivity contribution in [3.05, 3.63) is 65.7 Å². The highest BCUT2D eigenvalue weighted by Gasteiger charge is 2.10. The molecule has 0 saturated heterocycles. The second-order valence-corrected chi connectivity index (χ2v) is 7.67. The van der Waals surface area contributed by atoms with E-state index in [1.807, 2.05) is 18.2 Å². The molecule has 0 aliphatic rings. The second-order valence-electron chi connectivity index (χ2n) is 5.65. The lowest BCUT2D eigenvalue weighted by molar-refractivity contribution is 0.0952. The summed E-state index contributed by atoms with van der Waals surface area (Å²) in [5.41, 5.74) is 1.71. The number of carbonyl (C=O) groups is 1. The maximum Gasteiger partial charge on any atom is 0.251 e. The van der Waals surface area contributed by atoms with Crippen molar-refractivity contribution in [3.8, 4) is 0 Å². The van der Waals surface area contributed by atoms with Crippen molar-refractivity contribution in [1.82, 2.24) is 5.32 Å². The van der Waals surface area contributed by atoms with Gasteiger partial charge in [-0.1, -0.05) is 37.3 Å². The van der Waals surface area contributed by atoms with E-state index in [4.69, 9.17) is 0 Å². The van der Waals surface area contributed by atoms with E-state index in [-0.39, 0.29) is 10.8 Å². The predicted molar refractivity (Wildman–Crippen MR) is 91.4 cm³/mol. The molecule has 23 heavy (non-hydrogen) atoms. The highest BCUT2D eigenvalue weighted by Crippen LogP contribution is 2.17. The van der Waals surface area contributed by atoms with E-state index >= 15 is 0 Å². The molecule has 0 fully saturated rings. The van der Waals surface area contributed by atoms with Crippen LogP contribution < -0.4 is 5.32 Å².